The molecule has 2 N–H and O–H groups in total. The number of benzene rings is 2. The molecule has 0 saturated carbocycles. The van der Waals surface area contributed by atoms with Gasteiger partial charge in [-0.2, -0.15) is 0 Å². The number of aromatic nitrogens is 1. The van der Waals surface area contributed by atoms with Crippen LogP contribution in [0.25, 0.3) is 22.6 Å². The summed E-state index contributed by atoms with van der Waals surface area (Å²) in [6, 6.07) is 12.1. The van der Waals surface area contributed by atoms with Crippen molar-refractivity contribution < 1.29 is 4.42 Å². The largest absolute Gasteiger partial charge is 0.434 e. The summed E-state index contributed by atoms with van der Waals surface area (Å²) >= 11 is 0. The van der Waals surface area contributed by atoms with Gasteiger partial charge >= 0.3 is 0 Å². The lowest BCUT2D eigenvalue weighted by atomic mass is 10.0. The molecular formula is C17H18N2O. The van der Waals surface area contributed by atoms with Gasteiger partial charge in [-0.1, -0.05) is 31.5 Å². The zero-order valence-corrected chi connectivity index (χ0v) is 12.0. The van der Waals surface area contributed by atoms with E-state index in [1.807, 2.05) is 30.3 Å². The Morgan fingerprint density at radius 1 is 1.10 bits per heavy atom. The maximum atomic E-state index is 6.08. The molecule has 0 aliphatic rings. The summed E-state index contributed by atoms with van der Waals surface area (Å²) in [6.07, 6.45) is 0. The second-order valence-corrected chi connectivity index (χ2v) is 5.50. The molecule has 0 saturated heterocycles. The number of hydrogen-bond acceptors (Lipinski definition) is 3. The first kappa shape index (κ1) is 12.7. The predicted octanol–water partition coefficient (Wildman–Crippen LogP) is 4.51. The number of anilines is 1. The van der Waals surface area contributed by atoms with E-state index in [1.165, 1.54) is 11.1 Å². The number of aryl methyl sites for hydroxylation is 1. The number of hydrogen-bond donors (Lipinski definition) is 1. The van der Waals surface area contributed by atoms with Crippen molar-refractivity contribution in [2.75, 3.05) is 5.73 Å². The first-order chi connectivity index (χ1) is 9.54. The lowest BCUT2D eigenvalue weighted by Gasteiger charge is -2.05. The minimum absolute atomic E-state index is 0.418. The maximum absolute atomic E-state index is 6.08. The summed E-state index contributed by atoms with van der Waals surface area (Å²) in [5, 5.41) is 0. The van der Waals surface area contributed by atoms with Crippen LogP contribution < -0.4 is 5.73 Å². The number of oxazole rings is 1. The maximum Gasteiger partial charge on any atom is 0.227 e. The molecule has 2 aromatic carbocycles. The molecule has 0 radical (unpaired) electrons. The second kappa shape index (κ2) is 4.67. The van der Waals surface area contributed by atoms with E-state index in [0.717, 1.165) is 11.1 Å². The van der Waals surface area contributed by atoms with Crippen molar-refractivity contribution >= 4 is 16.8 Å². The van der Waals surface area contributed by atoms with Crippen molar-refractivity contribution in [2.45, 2.75) is 26.7 Å². The molecule has 20 heavy (non-hydrogen) atoms. The Balaban J connectivity index is 2.15. The van der Waals surface area contributed by atoms with Gasteiger partial charge in [-0.25, -0.2) is 4.98 Å². The van der Waals surface area contributed by atoms with Crippen molar-refractivity contribution in [1.82, 2.24) is 4.98 Å². The Kier molecular flexibility index (Phi) is 2.97. The topological polar surface area (TPSA) is 52.0 Å². The Hall–Kier alpha value is -2.29. The quantitative estimate of drug-likeness (QED) is 0.694. The van der Waals surface area contributed by atoms with Gasteiger partial charge in [-0.05, 0) is 42.7 Å². The molecule has 3 heteroatoms. The van der Waals surface area contributed by atoms with Crippen LogP contribution in [0.2, 0.25) is 0 Å². The van der Waals surface area contributed by atoms with Crippen LogP contribution >= 0.6 is 0 Å². The van der Waals surface area contributed by atoms with Crippen molar-refractivity contribution in [3.05, 3.63) is 47.5 Å². The molecule has 3 rings (SSSR count). The molecular weight excluding hydrogens is 248 g/mol. The zero-order chi connectivity index (χ0) is 14.3. The van der Waals surface area contributed by atoms with Gasteiger partial charge in [0.05, 0.1) is 5.69 Å². The summed E-state index contributed by atoms with van der Waals surface area (Å²) in [4.78, 5) is 4.57. The molecule has 3 aromatic rings. The van der Waals surface area contributed by atoms with Crippen LogP contribution in [0.1, 0.15) is 30.9 Å². The van der Waals surface area contributed by atoms with Crippen LogP contribution in [0.15, 0.2) is 40.8 Å². The third-order valence-corrected chi connectivity index (χ3v) is 3.51. The second-order valence-electron chi connectivity index (χ2n) is 5.50. The van der Waals surface area contributed by atoms with E-state index in [0.29, 0.717) is 23.1 Å². The fourth-order valence-corrected chi connectivity index (χ4v) is 2.23. The highest BCUT2D eigenvalue weighted by atomic mass is 16.3. The standard InChI is InChI=1S/C17H18N2O/c1-10(2)13-8-14(18)16-15(9-13)19-17(20-16)12-6-4-11(3)5-7-12/h4-10H,18H2,1-3H3. The van der Waals surface area contributed by atoms with E-state index in [9.17, 15) is 0 Å². The van der Waals surface area contributed by atoms with Gasteiger partial charge in [-0.3, -0.25) is 0 Å². The summed E-state index contributed by atoms with van der Waals surface area (Å²) < 4.78 is 5.82. The number of nitrogens with zero attached hydrogens (tertiary/aromatic N) is 1. The number of nitrogen functional groups attached to an aromatic ring is 1. The van der Waals surface area contributed by atoms with Gasteiger partial charge in [0.25, 0.3) is 0 Å². The highest BCUT2D eigenvalue weighted by Crippen LogP contribution is 2.31. The van der Waals surface area contributed by atoms with Crippen molar-refractivity contribution in [3.8, 4) is 11.5 Å². The first-order valence-electron chi connectivity index (χ1n) is 6.81. The van der Waals surface area contributed by atoms with Gasteiger partial charge in [-0.15, -0.1) is 0 Å². The lowest BCUT2D eigenvalue weighted by molar-refractivity contribution is 0.621. The molecule has 3 nitrogen and oxygen atoms in total. The number of rotatable bonds is 2. The molecule has 0 amide bonds. The Labute approximate surface area is 118 Å². The molecule has 0 unspecified atom stereocenters. The lowest BCUT2D eigenvalue weighted by Crippen LogP contribution is -1.92. The SMILES string of the molecule is Cc1ccc(-c2nc3cc(C(C)C)cc(N)c3o2)cc1. The average Bonchev–Trinajstić information content (AvgIpc) is 2.84. The molecule has 102 valence electrons. The van der Waals surface area contributed by atoms with Crippen LogP contribution in [0.4, 0.5) is 5.69 Å². The molecule has 0 atom stereocenters. The summed E-state index contributed by atoms with van der Waals surface area (Å²) in [5.41, 5.74) is 11.6. The molecule has 0 fully saturated rings. The monoisotopic (exact) mass is 266 g/mol. The van der Waals surface area contributed by atoms with Crippen LogP contribution in [-0.2, 0) is 0 Å². The Morgan fingerprint density at radius 2 is 1.80 bits per heavy atom. The smallest absolute Gasteiger partial charge is 0.227 e. The third kappa shape index (κ3) is 2.16. The molecule has 0 aliphatic heterocycles. The molecule has 1 aromatic heterocycles. The van der Waals surface area contributed by atoms with Gasteiger partial charge in [0.15, 0.2) is 5.58 Å². The molecule has 0 aliphatic carbocycles. The minimum Gasteiger partial charge on any atom is -0.434 e. The normalized spacial score (nSPS) is 11.4. The first-order valence-corrected chi connectivity index (χ1v) is 6.81. The van der Waals surface area contributed by atoms with E-state index in [4.69, 9.17) is 10.2 Å². The molecule has 0 spiro atoms. The van der Waals surface area contributed by atoms with Crippen LogP contribution in [-0.4, -0.2) is 4.98 Å². The highest BCUT2D eigenvalue weighted by molar-refractivity contribution is 5.87. The van der Waals surface area contributed by atoms with E-state index >= 15 is 0 Å². The van der Waals surface area contributed by atoms with Crippen LogP contribution in [0, 0.1) is 6.92 Å². The van der Waals surface area contributed by atoms with Gasteiger partial charge in [0.1, 0.15) is 5.52 Å². The van der Waals surface area contributed by atoms with E-state index in [2.05, 4.69) is 31.8 Å². The van der Waals surface area contributed by atoms with Crippen molar-refractivity contribution in [3.63, 3.8) is 0 Å². The fraction of sp³-hybridized carbons (Fsp3) is 0.235. The summed E-state index contributed by atoms with van der Waals surface area (Å²) in [6.45, 7) is 6.34. The van der Waals surface area contributed by atoms with E-state index in [1.54, 1.807) is 0 Å². The Bertz CT molecular complexity index is 755. The van der Waals surface area contributed by atoms with Crippen LogP contribution in [0.5, 0.6) is 0 Å². The molecule has 1 heterocycles. The molecule has 0 bridgehead atoms. The van der Waals surface area contributed by atoms with Crippen LogP contribution in [0.3, 0.4) is 0 Å². The average molecular weight is 266 g/mol. The number of fused-ring (bicyclic) bond motifs is 1. The van der Waals surface area contributed by atoms with Gasteiger partial charge in [0.2, 0.25) is 5.89 Å². The predicted molar refractivity (Wildman–Crippen MR) is 82.7 cm³/mol. The van der Waals surface area contributed by atoms with Gasteiger partial charge < -0.3 is 10.2 Å². The highest BCUT2D eigenvalue weighted by Gasteiger charge is 2.13. The number of nitrogens with two attached hydrogens (primary N) is 1. The van der Waals surface area contributed by atoms with E-state index < -0.39 is 0 Å². The van der Waals surface area contributed by atoms with Crippen molar-refractivity contribution in [1.29, 1.82) is 0 Å². The van der Waals surface area contributed by atoms with Crippen molar-refractivity contribution in [2.24, 2.45) is 0 Å². The summed E-state index contributed by atoms with van der Waals surface area (Å²) in [5.74, 6) is 1.04. The fourth-order valence-electron chi connectivity index (χ4n) is 2.23. The summed E-state index contributed by atoms with van der Waals surface area (Å²) in [7, 11) is 0. The Morgan fingerprint density at radius 3 is 2.45 bits per heavy atom. The minimum atomic E-state index is 0.418. The zero-order valence-electron chi connectivity index (χ0n) is 12.0. The third-order valence-electron chi connectivity index (χ3n) is 3.51. The van der Waals surface area contributed by atoms with Gasteiger partial charge in [0, 0.05) is 5.56 Å². The van der Waals surface area contributed by atoms with E-state index in [-0.39, 0.29) is 0 Å².